The molecular formula is C13H21NO. The number of allylic oxidation sites excluding steroid dienone is 1. The Balaban J connectivity index is 2.54. The van der Waals surface area contributed by atoms with Gasteiger partial charge in [0.2, 0.25) is 0 Å². The normalized spacial score (nSPS) is 17.0. The first-order valence-corrected chi connectivity index (χ1v) is 5.51. The Morgan fingerprint density at radius 2 is 1.93 bits per heavy atom. The Morgan fingerprint density at radius 3 is 2.33 bits per heavy atom. The molecule has 0 radical (unpaired) electrons. The van der Waals surface area contributed by atoms with Gasteiger partial charge in [-0.05, 0) is 30.4 Å². The predicted octanol–water partition coefficient (Wildman–Crippen LogP) is 3.17. The Hall–Kier alpha value is -0.920. The van der Waals surface area contributed by atoms with E-state index in [1.54, 1.807) is 0 Å². The van der Waals surface area contributed by atoms with E-state index in [1.165, 1.54) is 11.1 Å². The summed E-state index contributed by atoms with van der Waals surface area (Å²) in [7, 11) is 0. The second-order valence-electron chi connectivity index (χ2n) is 5.62. The molecule has 0 atom stereocenters. The summed E-state index contributed by atoms with van der Waals surface area (Å²) in [5, 5.41) is 0. The van der Waals surface area contributed by atoms with Crippen molar-refractivity contribution < 1.29 is 4.79 Å². The zero-order valence-electron chi connectivity index (χ0n) is 10.5. The second kappa shape index (κ2) is 4.30. The van der Waals surface area contributed by atoms with Gasteiger partial charge in [-0.2, -0.15) is 0 Å². The van der Waals surface area contributed by atoms with Crippen LogP contribution in [0.2, 0.25) is 0 Å². The van der Waals surface area contributed by atoms with Crippen LogP contribution in [-0.2, 0) is 4.79 Å². The maximum atomic E-state index is 11.8. The molecule has 84 valence electrons. The number of ketones is 1. The number of hydrogen-bond acceptors (Lipinski definition) is 2. The van der Waals surface area contributed by atoms with Crippen molar-refractivity contribution in [2.24, 2.45) is 10.4 Å². The molecule has 0 amide bonds. The molecule has 0 aliphatic carbocycles. The van der Waals surface area contributed by atoms with E-state index in [0.29, 0.717) is 18.6 Å². The third kappa shape index (κ3) is 3.61. The van der Waals surface area contributed by atoms with Gasteiger partial charge in [-0.3, -0.25) is 9.79 Å². The van der Waals surface area contributed by atoms with E-state index in [2.05, 4.69) is 39.6 Å². The zero-order valence-corrected chi connectivity index (χ0v) is 10.5. The third-order valence-electron chi connectivity index (χ3n) is 2.67. The number of carbonyl (C=O) groups is 1. The maximum Gasteiger partial charge on any atom is 0.139 e. The van der Waals surface area contributed by atoms with Crippen molar-refractivity contribution in [1.82, 2.24) is 0 Å². The fourth-order valence-corrected chi connectivity index (χ4v) is 1.73. The van der Waals surface area contributed by atoms with E-state index in [9.17, 15) is 4.79 Å². The number of rotatable bonds is 3. The van der Waals surface area contributed by atoms with Crippen LogP contribution in [0.15, 0.2) is 16.1 Å². The van der Waals surface area contributed by atoms with E-state index in [-0.39, 0.29) is 5.41 Å². The Bertz CT molecular complexity index is 329. The number of carbonyl (C=O) groups excluding carboxylic acids is 1. The molecule has 0 saturated carbocycles. The summed E-state index contributed by atoms with van der Waals surface area (Å²) in [6.45, 7) is 11.2. The maximum absolute atomic E-state index is 11.8. The van der Waals surface area contributed by atoms with Gasteiger partial charge in [-0.15, -0.1) is 0 Å². The van der Waals surface area contributed by atoms with Gasteiger partial charge in [0.1, 0.15) is 5.78 Å². The SMILES string of the molecule is CC1=C(C)C(CC(=O)CC(C)(C)C)=NC1. The number of nitrogens with zero attached hydrogens (tertiary/aromatic N) is 1. The lowest BCUT2D eigenvalue weighted by Gasteiger charge is -2.16. The highest BCUT2D eigenvalue weighted by molar-refractivity contribution is 6.12. The monoisotopic (exact) mass is 207 g/mol. The van der Waals surface area contributed by atoms with Gasteiger partial charge >= 0.3 is 0 Å². The quantitative estimate of drug-likeness (QED) is 0.699. The predicted molar refractivity (Wildman–Crippen MR) is 64.4 cm³/mol. The Kier molecular flexibility index (Phi) is 3.48. The van der Waals surface area contributed by atoms with E-state index < -0.39 is 0 Å². The molecule has 2 nitrogen and oxygen atoms in total. The smallest absolute Gasteiger partial charge is 0.139 e. The van der Waals surface area contributed by atoms with Crippen molar-refractivity contribution >= 4 is 11.5 Å². The van der Waals surface area contributed by atoms with Crippen molar-refractivity contribution in [2.45, 2.75) is 47.5 Å². The second-order valence-corrected chi connectivity index (χ2v) is 5.62. The standard InChI is InChI=1S/C13H21NO/c1-9-8-14-12(10(9)2)6-11(15)7-13(3,4)5/h6-8H2,1-5H3. The minimum absolute atomic E-state index is 0.0862. The van der Waals surface area contributed by atoms with Crippen molar-refractivity contribution in [3.63, 3.8) is 0 Å². The third-order valence-corrected chi connectivity index (χ3v) is 2.67. The average Bonchev–Trinajstić information content (AvgIpc) is 2.32. The van der Waals surface area contributed by atoms with Crippen LogP contribution in [0.4, 0.5) is 0 Å². The molecule has 1 rings (SSSR count). The van der Waals surface area contributed by atoms with Crippen LogP contribution in [0.25, 0.3) is 0 Å². The minimum Gasteiger partial charge on any atom is -0.299 e. The minimum atomic E-state index is 0.0862. The fraction of sp³-hybridized carbons (Fsp3) is 0.692. The molecule has 1 heterocycles. The van der Waals surface area contributed by atoms with Crippen LogP contribution < -0.4 is 0 Å². The van der Waals surface area contributed by atoms with Crippen LogP contribution in [0.3, 0.4) is 0 Å². The summed E-state index contributed by atoms with van der Waals surface area (Å²) in [5.74, 6) is 0.301. The highest BCUT2D eigenvalue weighted by Gasteiger charge is 2.20. The molecule has 0 saturated heterocycles. The molecule has 0 aromatic carbocycles. The van der Waals surface area contributed by atoms with Gasteiger partial charge in [-0.1, -0.05) is 20.8 Å². The molecule has 1 aliphatic heterocycles. The van der Waals surface area contributed by atoms with E-state index in [0.717, 1.165) is 12.3 Å². The topological polar surface area (TPSA) is 29.4 Å². The van der Waals surface area contributed by atoms with Crippen LogP contribution in [-0.4, -0.2) is 18.0 Å². The molecule has 2 heteroatoms. The summed E-state index contributed by atoms with van der Waals surface area (Å²) in [4.78, 5) is 16.2. The van der Waals surface area contributed by atoms with Crippen LogP contribution in [0.1, 0.15) is 47.5 Å². The van der Waals surface area contributed by atoms with Crippen molar-refractivity contribution in [3.05, 3.63) is 11.1 Å². The van der Waals surface area contributed by atoms with Crippen molar-refractivity contribution in [3.8, 4) is 0 Å². The van der Waals surface area contributed by atoms with Gasteiger partial charge in [0.15, 0.2) is 0 Å². The lowest BCUT2D eigenvalue weighted by Crippen LogP contribution is -2.16. The first kappa shape index (κ1) is 12.2. The van der Waals surface area contributed by atoms with Crippen molar-refractivity contribution in [2.75, 3.05) is 6.54 Å². The van der Waals surface area contributed by atoms with Gasteiger partial charge < -0.3 is 0 Å². The highest BCUT2D eigenvalue weighted by Crippen LogP contribution is 2.22. The van der Waals surface area contributed by atoms with Gasteiger partial charge in [0.05, 0.1) is 6.54 Å². The average molecular weight is 207 g/mol. The molecule has 0 aromatic heterocycles. The summed E-state index contributed by atoms with van der Waals surface area (Å²) in [6, 6.07) is 0. The van der Waals surface area contributed by atoms with Gasteiger partial charge in [0.25, 0.3) is 0 Å². The van der Waals surface area contributed by atoms with E-state index >= 15 is 0 Å². The Labute approximate surface area is 92.5 Å². The lowest BCUT2D eigenvalue weighted by molar-refractivity contribution is -0.119. The molecule has 0 fully saturated rings. The number of aliphatic imine (C=N–C) groups is 1. The van der Waals surface area contributed by atoms with Gasteiger partial charge in [0, 0.05) is 18.6 Å². The molecule has 0 unspecified atom stereocenters. The largest absolute Gasteiger partial charge is 0.299 e. The molecule has 0 bridgehead atoms. The highest BCUT2D eigenvalue weighted by atomic mass is 16.1. The lowest BCUT2D eigenvalue weighted by atomic mass is 9.88. The summed E-state index contributed by atoms with van der Waals surface area (Å²) in [6.07, 6.45) is 1.15. The Morgan fingerprint density at radius 1 is 1.33 bits per heavy atom. The molecular weight excluding hydrogens is 186 g/mol. The van der Waals surface area contributed by atoms with E-state index in [4.69, 9.17) is 0 Å². The van der Waals surface area contributed by atoms with Gasteiger partial charge in [-0.25, -0.2) is 0 Å². The van der Waals surface area contributed by atoms with Crippen LogP contribution >= 0.6 is 0 Å². The van der Waals surface area contributed by atoms with E-state index in [1.807, 2.05) is 0 Å². The molecule has 0 N–H and O–H groups in total. The summed E-state index contributed by atoms with van der Waals surface area (Å²) >= 11 is 0. The zero-order chi connectivity index (χ0) is 11.6. The molecule has 0 spiro atoms. The molecule has 15 heavy (non-hydrogen) atoms. The fourth-order valence-electron chi connectivity index (χ4n) is 1.73. The first-order valence-electron chi connectivity index (χ1n) is 5.51. The molecule has 0 aromatic rings. The van der Waals surface area contributed by atoms with Crippen molar-refractivity contribution in [1.29, 1.82) is 0 Å². The summed E-state index contributed by atoms with van der Waals surface area (Å²) in [5.41, 5.74) is 3.61. The summed E-state index contributed by atoms with van der Waals surface area (Å²) < 4.78 is 0. The number of Topliss-reactive ketones (excluding diaryl/α,β-unsaturated/α-hetero) is 1. The van der Waals surface area contributed by atoms with Crippen LogP contribution in [0, 0.1) is 5.41 Å². The molecule has 1 aliphatic rings. The first-order chi connectivity index (χ1) is 6.79. The van der Waals surface area contributed by atoms with Crippen LogP contribution in [0.5, 0.6) is 0 Å². The number of hydrogen-bond donors (Lipinski definition) is 0.